The van der Waals surface area contributed by atoms with Gasteiger partial charge in [0.05, 0.1) is 19.1 Å². The van der Waals surface area contributed by atoms with E-state index in [2.05, 4.69) is 62.1 Å². The Morgan fingerprint density at radius 3 is 1.66 bits per heavy atom. The van der Waals surface area contributed by atoms with Gasteiger partial charge in [0.25, 0.3) is 0 Å². The molecule has 4 N–H and O–H groups in total. The summed E-state index contributed by atoms with van der Waals surface area (Å²) in [6, 6.07) is 0. The lowest BCUT2D eigenvalue weighted by Gasteiger charge is -2.29. The highest BCUT2D eigenvalue weighted by Crippen LogP contribution is 2.40. The fourth-order valence-corrected chi connectivity index (χ4v) is 7.23. The highest BCUT2D eigenvalue weighted by Gasteiger charge is 2.60. The van der Waals surface area contributed by atoms with Crippen molar-refractivity contribution in [2.24, 2.45) is 28.6 Å². The van der Waals surface area contributed by atoms with Gasteiger partial charge in [-0.15, -0.1) is 0 Å². The van der Waals surface area contributed by atoms with E-state index < -0.39 is 60.5 Å². The number of nitrogens with one attached hydrogen (secondary N) is 4. The molecule has 2 saturated heterocycles. The summed E-state index contributed by atoms with van der Waals surface area (Å²) in [4.78, 5) is 61.8. The fourth-order valence-electron chi connectivity index (χ4n) is 7.23. The van der Waals surface area contributed by atoms with Crippen molar-refractivity contribution in [3.8, 4) is 0 Å². The molecule has 0 bridgehead atoms. The van der Waals surface area contributed by atoms with Gasteiger partial charge < -0.3 is 59.2 Å². The number of hydrogen-bond acceptors (Lipinski definition) is 13. The SMILES string of the molecule is C=C(C)C(=C)OCC(C)OC(=O)NCC(C)(C)CC(C)CCNC(=O)OC1COC2C(OC(=O)NCCC(C)CC(C)(C)CNC(=O)OC(C)COC(=O)C(C)C)COC12C. The average Bonchev–Trinajstić information content (AvgIpc) is 3.64. The van der Waals surface area contributed by atoms with E-state index in [4.69, 9.17) is 37.9 Å². The lowest BCUT2D eigenvalue weighted by molar-refractivity contribution is -0.150. The zero-order valence-electron chi connectivity index (χ0n) is 38.8. The van der Waals surface area contributed by atoms with E-state index in [1.54, 1.807) is 41.5 Å². The number of hydrogen-bond donors (Lipinski definition) is 4. The minimum atomic E-state index is -0.989. The molecule has 2 aliphatic heterocycles. The smallest absolute Gasteiger partial charge is 0.407 e. The summed E-state index contributed by atoms with van der Waals surface area (Å²) in [5.74, 6) is 0.296. The average molecular weight is 869 g/mol. The molecule has 0 radical (unpaired) electrons. The molecule has 4 amide bonds. The molecule has 0 aliphatic carbocycles. The molecule has 2 rings (SSSR count). The molecule has 2 aliphatic rings. The predicted molar refractivity (Wildman–Crippen MR) is 229 cm³/mol. The van der Waals surface area contributed by atoms with Crippen molar-refractivity contribution in [2.75, 3.05) is 52.6 Å². The normalized spacial score (nSPS) is 21.8. The Hall–Kier alpha value is -4.25. The molecular weight excluding hydrogens is 792 g/mol. The van der Waals surface area contributed by atoms with Crippen LogP contribution in [0.5, 0.6) is 0 Å². The number of rotatable bonds is 25. The Labute approximate surface area is 363 Å². The topological polar surface area (TPSA) is 207 Å². The van der Waals surface area contributed by atoms with Gasteiger partial charge in [-0.1, -0.05) is 68.5 Å². The number of esters is 1. The van der Waals surface area contributed by atoms with Crippen LogP contribution in [0.3, 0.4) is 0 Å². The summed E-state index contributed by atoms with van der Waals surface area (Å²) < 4.78 is 44.6. The van der Waals surface area contributed by atoms with Crippen LogP contribution in [0.2, 0.25) is 0 Å². The van der Waals surface area contributed by atoms with Gasteiger partial charge in [0.15, 0.2) is 12.2 Å². The van der Waals surface area contributed by atoms with Crippen molar-refractivity contribution in [1.82, 2.24) is 21.3 Å². The second kappa shape index (κ2) is 24.4. The summed E-state index contributed by atoms with van der Waals surface area (Å²) in [5, 5.41) is 11.3. The largest absolute Gasteiger partial charge is 0.490 e. The molecule has 2 heterocycles. The number of fused-ring (bicyclic) bond motifs is 1. The molecule has 2 fully saturated rings. The van der Waals surface area contributed by atoms with Gasteiger partial charge in [0, 0.05) is 26.2 Å². The first-order valence-corrected chi connectivity index (χ1v) is 21.5. The molecule has 8 unspecified atom stereocenters. The molecule has 61 heavy (non-hydrogen) atoms. The van der Waals surface area contributed by atoms with Crippen molar-refractivity contribution in [2.45, 2.75) is 145 Å². The van der Waals surface area contributed by atoms with Crippen molar-refractivity contribution in [1.29, 1.82) is 0 Å². The quantitative estimate of drug-likeness (QED) is 0.0323. The van der Waals surface area contributed by atoms with Crippen LogP contribution < -0.4 is 21.3 Å². The minimum absolute atomic E-state index is 0.00787. The van der Waals surface area contributed by atoms with Crippen LogP contribution in [0.25, 0.3) is 0 Å². The molecule has 0 saturated carbocycles. The maximum atomic E-state index is 12.8. The van der Waals surface area contributed by atoms with Crippen molar-refractivity contribution >= 4 is 30.3 Å². The van der Waals surface area contributed by atoms with E-state index >= 15 is 0 Å². The maximum Gasteiger partial charge on any atom is 0.407 e. The third-order valence-electron chi connectivity index (χ3n) is 10.6. The van der Waals surface area contributed by atoms with Gasteiger partial charge in [-0.25, -0.2) is 19.2 Å². The minimum Gasteiger partial charge on any atom is -0.490 e. The van der Waals surface area contributed by atoms with E-state index in [1.165, 1.54) is 0 Å². The molecule has 0 aromatic carbocycles. The van der Waals surface area contributed by atoms with E-state index in [0.29, 0.717) is 50.4 Å². The van der Waals surface area contributed by atoms with Crippen LogP contribution in [-0.4, -0.2) is 119 Å². The number of amides is 4. The molecule has 17 heteroatoms. The lowest BCUT2D eigenvalue weighted by atomic mass is 9.82. The monoisotopic (exact) mass is 869 g/mol. The fraction of sp³-hybridized carbons (Fsp3) is 0.795. The molecule has 0 spiro atoms. The highest BCUT2D eigenvalue weighted by atomic mass is 16.7. The Morgan fingerprint density at radius 2 is 1.18 bits per heavy atom. The number of ether oxygens (including phenoxy) is 8. The first-order chi connectivity index (χ1) is 28.3. The Bertz CT molecular complexity index is 1490. The first-order valence-electron chi connectivity index (χ1n) is 21.5. The number of alkyl carbamates (subject to hydrolysis) is 4. The second-order valence-electron chi connectivity index (χ2n) is 18.9. The predicted octanol–water partition coefficient (Wildman–Crippen LogP) is 6.78. The van der Waals surface area contributed by atoms with E-state index in [1.807, 2.05) is 13.8 Å². The van der Waals surface area contributed by atoms with Gasteiger partial charge in [-0.3, -0.25) is 4.79 Å². The summed E-state index contributed by atoms with van der Waals surface area (Å²) in [6.07, 6.45) is -2.40. The summed E-state index contributed by atoms with van der Waals surface area (Å²) in [6.45, 7) is 32.2. The summed E-state index contributed by atoms with van der Waals surface area (Å²) in [5.41, 5.74) is -0.757. The molecule has 0 aromatic rings. The summed E-state index contributed by atoms with van der Waals surface area (Å²) in [7, 11) is 0. The Morgan fingerprint density at radius 1 is 0.705 bits per heavy atom. The van der Waals surface area contributed by atoms with Gasteiger partial charge in [0.2, 0.25) is 0 Å². The van der Waals surface area contributed by atoms with Gasteiger partial charge in [0.1, 0.15) is 42.9 Å². The van der Waals surface area contributed by atoms with E-state index in [-0.39, 0.29) is 61.0 Å². The lowest BCUT2D eigenvalue weighted by Crippen LogP contribution is -2.48. The van der Waals surface area contributed by atoms with Crippen LogP contribution in [-0.2, 0) is 42.7 Å². The third kappa shape index (κ3) is 19.6. The van der Waals surface area contributed by atoms with Crippen molar-refractivity contribution in [3.05, 3.63) is 24.5 Å². The van der Waals surface area contributed by atoms with Gasteiger partial charge in [-0.05, 0) is 81.6 Å². The van der Waals surface area contributed by atoms with Crippen LogP contribution in [0, 0.1) is 28.6 Å². The zero-order chi connectivity index (χ0) is 46.1. The molecule has 350 valence electrons. The number of carbonyl (C=O) groups is 5. The van der Waals surface area contributed by atoms with Crippen LogP contribution >= 0.6 is 0 Å². The third-order valence-corrected chi connectivity index (χ3v) is 10.6. The van der Waals surface area contributed by atoms with Crippen LogP contribution in [0.15, 0.2) is 24.5 Å². The van der Waals surface area contributed by atoms with E-state index in [9.17, 15) is 24.0 Å². The number of carbonyl (C=O) groups excluding carboxylic acids is 5. The first kappa shape index (κ1) is 52.9. The van der Waals surface area contributed by atoms with Gasteiger partial charge >= 0.3 is 30.3 Å². The van der Waals surface area contributed by atoms with Gasteiger partial charge in [-0.2, -0.15) is 0 Å². The molecular formula is C44H76N4O13. The van der Waals surface area contributed by atoms with Crippen molar-refractivity contribution < 1.29 is 61.9 Å². The standard InChI is InChI=1S/C44H76N4O13/c1-27(2)33(9)54-21-31(7)58-40(52)47-25-43(12,13)20-30(6)16-18-46-39(51)61-35-24-55-36-34(23-57-44(35,36)14)60-38(50)45-17-15-29(5)19-42(10,11)26-48-41(53)59-32(8)22-56-37(49)28(3)4/h28-32,34-36H,1,9,15-26H2,2-8,10-14H3,(H,45,50)(H,46,51)(H,47,52)(H,48,53). The molecule has 8 atom stereocenters. The number of allylic oxidation sites excluding steroid dienone is 1. The second-order valence-corrected chi connectivity index (χ2v) is 18.9. The van der Waals surface area contributed by atoms with Crippen molar-refractivity contribution in [3.63, 3.8) is 0 Å². The zero-order valence-corrected chi connectivity index (χ0v) is 38.8. The maximum absolute atomic E-state index is 12.8. The van der Waals surface area contributed by atoms with Crippen LogP contribution in [0.4, 0.5) is 19.2 Å². The molecule has 0 aromatic heterocycles. The van der Waals surface area contributed by atoms with Crippen LogP contribution in [0.1, 0.15) is 109 Å². The molecule has 17 nitrogen and oxygen atoms in total. The Kier molecular flexibility index (Phi) is 21.2. The van der Waals surface area contributed by atoms with E-state index in [0.717, 1.165) is 12.8 Å². The highest BCUT2D eigenvalue weighted by molar-refractivity contribution is 5.71. The Balaban J connectivity index is 1.66. The summed E-state index contributed by atoms with van der Waals surface area (Å²) >= 11 is 0.